The van der Waals surface area contributed by atoms with Gasteiger partial charge in [-0.1, -0.05) is 23.5 Å². The summed E-state index contributed by atoms with van der Waals surface area (Å²) >= 11 is 1.55. The maximum absolute atomic E-state index is 12.5. The summed E-state index contributed by atoms with van der Waals surface area (Å²) in [7, 11) is 6.44. The third-order valence-electron chi connectivity index (χ3n) is 3.94. The number of carbonyl (C=O) groups excluding carboxylic acids is 1. The highest BCUT2D eigenvalue weighted by molar-refractivity contribution is 7.22. The Hall–Kier alpha value is -3.00. The average molecular weight is 387 g/mol. The van der Waals surface area contributed by atoms with Crippen LogP contribution in [0.4, 0.5) is 10.8 Å². The van der Waals surface area contributed by atoms with Crippen molar-refractivity contribution in [3.8, 4) is 17.2 Å². The molecule has 0 aliphatic carbocycles. The Morgan fingerprint density at radius 3 is 2.37 bits per heavy atom. The molecule has 0 spiro atoms. The van der Waals surface area contributed by atoms with Crippen molar-refractivity contribution in [2.45, 2.75) is 0 Å². The van der Waals surface area contributed by atoms with Crippen LogP contribution in [-0.2, 0) is 4.79 Å². The predicted octanol–water partition coefficient (Wildman–Crippen LogP) is 3.40. The topological polar surface area (TPSA) is 72.9 Å². The molecule has 1 aromatic heterocycles. The van der Waals surface area contributed by atoms with Crippen LogP contribution >= 0.6 is 11.3 Å². The van der Waals surface area contributed by atoms with Crippen LogP contribution in [0.2, 0.25) is 0 Å². The van der Waals surface area contributed by atoms with Gasteiger partial charge in [-0.25, -0.2) is 4.98 Å². The number of ether oxygens (including phenoxy) is 3. The second kappa shape index (κ2) is 8.13. The van der Waals surface area contributed by atoms with Gasteiger partial charge in [0.25, 0.3) is 0 Å². The molecule has 2 aromatic carbocycles. The van der Waals surface area contributed by atoms with Gasteiger partial charge in [0, 0.05) is 24.9 Å². The number of hydrogen-bond acceptors (Lipinski definition) is 7. The number of likely N-dealkylation sites (N-methyl/N-ethyl adjacent to an activating group) is 1. The summed E-state index contributed by atoms with van der Waals surface area (Å²) in [6.45, 7) is 0.163. The van der Waals surface area contributed by atoms with Crippen molar-refractivity contribution in [1.82, 2.24) is 4.98 Å². The lowest BCUT2D eigenvalue weighted by atomic mass is 10.2. The van der Waals surface area contributed by atoms with E-state index in [0.717, 1.165) is 15.3 Å². The number of carbonyl (C=O) groups is 1. The zero-order chi connectivity index (χ0) is 19.4. The van der Waals surface area contributed by atoms with Gasteiger partial charge in [0.05, 0.1) is 38.1 Å². The van der Waals surface area contributed by atoms with Gasteiger partial charge < -0.3 is 24.4 Å². The molecular weight excluding hydrogens is 366 g/mol. The molecule has 0 radical (unpaired) electrons. The normalized spacial score (nSPS) is 10.5. The summed E-state index contributed by atoms with van der Waals surface area (Å²) in [6, 6.07) is 11.3. The first kappa shape index (κ1) is 18.8. The van der Waals surface area contributed by atoms with Gasteiger partial charge in [-0.2, -0.15) is 0 Å². The summed E-state index contributed by atoms with van der Waals surface area (Å²) in [4.78, 5) is 18.9. The van der Waals surface area contributed by atoms with Gasteiger partial charge in [0.2, 0.25) is 11.7 Å². The summed E-state index contributed by atoms with van der Waals surface area (Å²) in [5.74, 6) is 1.26. The monoisotopic (exact) mass is 387 g/mol. The minimum Gasteiger partial charge on any atom is -0.493 e. The molecule has 3 rings (SSSR count). The molecule has 1 heterocycles. The van der Waals surface area contributed by atoms with E-state index in [1.54, 1.807) is 23.5 Å². The van der Waals surface area contributed by atoms with Crippen LogP contribution in [0.15, 0.2) is 36.4 Å². The van der Waals surface area contributed by atoms with Gasteiger partial charge in [-0.15, -0.1) is 0 Å². The van der Waals surface area contributed by atoms with E-state index in [1.165, 1.54) is 21.3 Å². The third kappa shape index (κ3) is 4.06. The number of benzene rings is 2. The van der Waals surface area contributed by atoms with Crippen molar-refractivity contribution < 1.29 is 19.0 Å². The summed E-state index contributed by atoms with van der Waals surface area (Å²) < 4.78 is 17.0. The number of nitrogens with zero attached hydrogens (tertiary/aromatic N) is 2. The van der Waals surface area contributed by atoms with Gasteiger partial charge in [-0.05, 0) is 12.1 Å². The van der Waals surface area contributed by atoms with Crippen molar-refractivity contribution >= 4 is 38.3 Å². The molecule has 142 valence electrons. The number of para-hydroxylation sites is 1. The Morgan fingerprint density at radius 1 is 1.11 bits per heavy atom. The Morgan fingerprint density at radius 2 is 1.78 bits per heavy atom. The molecule has 0 bridgehead atoms. The van der Waals surface area contributed by atoms with Gasteiger partial charge in [0.1, 0.15) is 0 Å². The molecular formula is C19H21N3O4S. The standard InChI is InChI=1S/C19H21N3O4S/c1-22(19-21-13-7-5-6-8-16(13)27-19)11-17(23)20-12-9-14(24-2)18(26-4)15(10-12)25-3/h5-10H,11H2,1-4H3,(H,20,23). The lowest BCUT2D eigenvalue weighted by Gasteiger charge is -2.17. The molecule has 0 aliphatic rings. The SMILES string of the molecule is COc1cc(NC(=O)CN(C)c2nc3ccccc3s2)cc(OC)c1OC. The number of fused-ring (bicyclic) bond motifs is 1. The van der Waals surface area contributed by atoms with Gasteiger partial charge >= 0.3 is 0 Å². The van der Waals surface area contributed by atoms with Crippen molar-refractivity contribution in [2.75, 3.05) is 45.1 Å². The highest BCUT2D eigenvalue weighted by Gasteiger charge is 2.16. The van der Waals surface area contributed by atoms with E-state index < -0.39 is 0 Å². The molecule has 0 aliphatic heterocycles. The molecule has 1 amide bonds. The van der Waals surface area contributed by atoms with Crippen molar-refractivity contribution in [3.05, 3.63) is 36.4 Å². The minimum absolute atomic E-state index is 0.163. The average Bonchev–Trinajstić information content (AvgIpc) is 3.11. The Kier molecular flexibility index (Phi) is 5.66. The van der Waals surface area contributed by atoms with Crippen LogP contribution in [-0.4, -0.2) is 45.8 Å². The largest absolute Gasteiger partial charge is 0.493 e. The number of anilines is 2. The number of thiazole rings is 1. The van der Waals surface area contributed by atoms with E-state index >= 15 is 0 Å². The Labute approximate surface area is 161 Å². The van der Waals surface area contributed by atoms with E-state index in [0.29, 0.717) is 22.9 Å². The highest BCUT2D eigenvalue weighted by atomic mass is 32.1. The van der Waals surface area contributed by atoms with Crippen LogP contribution in [0.25, 0.3) is 10.2 Å². The zero-order valence-electron chi connectivity index (χ0n) is 15.6. The molecule has 3 aromatic rings. The van der Waals surface area contributed by atoms with E-state index in [9.17, 15) is 4.79 Å². The summed E-state index contributed by atoms with van der Waals surface area (Å²) in [5.41, 5.74) is 1.49. The molecule has 0 saturated carbocycles. The van der Waals surface area contributed by atoms with Gasteiger partial charge in [0.15, 0.2) is 16.6 Å². The molecule has 1 N–H and O–H groups in total. The first-order valence-electron chi connectivity index (χ1n) is 8.22. The number of rotatable bonds is 7. The molecule has 27 heavy (non-hydrogen) atoms. The fraction of sp³-hybridized carbons (Fsp3) is 0.263. The van der Waals surface area contributed by atoms with Crippen molar-refractivity contribution in [1.29, 1.82) is 0 Å². The van der Waals surface area contributed by atoms with Crippen LogP contribution < -0.4 is 24.4 Å². The fourth-order valence-corrected chi connectivity index (χ4v) is 3.59. The first-order chi connectivity index (χ1) is 13.0. The molecule has 0 fully saturated rings. The van der Waals surface area contributed by atoms with Crippen LogP contribution in [0.5, 0.6) is 17.2 Å². The fourth-order valence-electron chi connectivity index (χ4n) is 2.66. The van der Waals surface area contributed by atoms with E-state index in [-0.39, 0.29) is 12.5 Å². The number of aromatic nitrogens is 1. The second-order valence-corrected chi connectivity index (χ2v) is 6.79. The van der Waals surface area contributed by atoms with Crippen LogP contribution in [0.1, 0.15) is 0 Å². The number of nitrogens with one attached hydrogen (secondary N) is 1. The molecule has 0 atom stereocenters. The Bertz CT molecular complexity index is 899. The second-order valence-electron chi connectivity index (χ2n) is 5.78. The summed E-state index contributed by atoms with van der Waals surface area (Å²) in [5, 5.41) is 3.65. The molecule has 7 nitrogen and oxygen atoms in total. The third-order valence-corrected chi connectivity index (χ3v) is 5.09. The quantitative estimate of drug-likeness (QED) is 0.670. The van der Waals surface area contributed by atoms with Crippen LogP contribution in [0.3, 0.4) is 0 Å². The maximum atomic E-state index is 12.5. The molecule has 0 saturated heterocycles. The van der Waals surface area contributed by atoms with E-state index in [2.05, 4.69) is 10.3 Å². The van der Waals surface area contributed by atoms with E-state index in [4.69, 9.17) is 14.2 Å². The zero-order valence-corrected chi connectivity index (χ0v) is 16.4. The molecule has 0 unspecified atom stereocenters. The molecule has 8 heteroatoms. The first-order valence-corrected chi connectivity index (χ1v) is 9.04. The van der Waals surface area contributed by atoms with Gasteiger partial charge in [-0.3, -0.25) is 4.79 Å². The number of methoxy groups -OCH3 is 3. The lowest BCUT2D eigenvalue weighted by molar-refractivity contribution is -0.114. The number of hydrogen-bond donors (Lipinski definition) is 1. The van der Waals surface area contributed by atoms with Crippen molar-refractivity contribution in [3.63, 3.8) is 0 Å². The summed E-state index contributed by atoms with van der Waals surface area (Å²) in [6.07, 6.45) is 0. The smallest absolute Gasteiger partial charge is 0.243 e. The predicted molar refractivity (Wildman–Crippen MR) is 108 cm³/mol. The van der Waals surface area contributed by atoms with Crippen LogP contribution in [0, 0.1) is 0 Å². The lowest BCUT2D eigenvalue weighted by Crippen LogP contribution is -2.29. The Balaban J connectivity index is 1.73. The van der Waals surface area contributed by atoms with E-state index in [1.807, 2.05) is 36.2 Å². The minimum atomic E-state index is -0.175. The maximum Gasteiger partial charge on any atom is 0.243 e. The van der Waals surface area contributed by atoms with Crippen molar-refractivity contribution in [2.24, 2.45) is 0 Å². The number of amides is 1. The highest BCUT2D eigenvalue weighted by Crippen LogP contribution is 2.40.